The molecule has 0 saturated carbocycles. The fraction of sp³-hybridized carbons (Fsp3) is 0.647. The molecule has 134 valence electrons. The van der Waals surface area contributed by atoms with Crippen LogP contribution in [0.15, 0.2) is 22.8 Å². The van der Waals surface area contributed by atoms with Gasteiger partial charge in [-0.05, 0) is 25.0 Å². The molecule has 2 atom stereocenters. The number of carbonyl (C=O) groups is 2. The van der Waals surface area contributed by atoms with E-state index in [1.165, 1.54) is 6.26 Å². The molecule has 1 aliphatic rings. The van der Waals surface area contributed by atoms with Crippen molar-refractivity contribution < 1.29 is 18.7 Å². The summed E-state index contributed by atoms with van der Waals surface area (Å²) in [7, 11) is 0. The van der Waals surface area contributed by atoms with Crippen LogP contribution in [0.3, 0.4) is 0 Å². The minimum absolute atomic E-state index is 0.0191. The van der Waals surface area contributed by atoms with Gasteiger partial charge in [0.1, 0.15) is 6.04 Å². The molecule has 0 spiro atoms. The summed E-state index contributed by atoms with van der Waals surface area (Å²) in [6.45, 7) is 9.91. The molecule has 2 amide bonds. The highest BCUT2D eigenvalue weighted by Gasteiger charge is 2.23. The van der Waals surface area contributed by atoms with E-state index < -0.39 is 11.9 Å². The van der Waals surface area contributed by atoms with Gasteiger partial charge in [-0.2, -0.15) is 0 Å². The maximum Gasteiger partial charge on any atom is 0.287 e. The molecule has 7 nitrogen and oxygen atoms in total. The molecule has 0 aromatic carbocycles. The molecule has 7 heteroatoms. The number of morpholine rings is 1. The molecule has 2 heterocycles. The molecule has 24 heavy (non-hydrogen) atoms. The molecule has 1 fully saturated rings. The summed E-state index contributed by atoms with van der Waals surface area (Å²) >= 11 is 0. The van der Waals surface area contributed by atoms with Crippen LogP contribution in [-0.2, 0) is 9.53 Å². The molecular weight excluding hydrogens is 310 g/mol. The van der Waals surface area contributed by atoms with Crippen molar-refractivity contribution >= 4 is 11.8 Å². The van der Waals surface area contributed by atoms with Crippen molar-refractivity contribution in [2.45, 2.75) is 32.9 Å². The molecule has 0 bridgehead atoms. The fourth-order valence-corrected chi connectivity index (χ4v) is 2.69. The van der Waals surface area contributed by atoms with Crippen molar-refractivity contribution in [3.63, 3.8) is 0 Å². The maximum absolute atomic E-state index is 12.1. The predicted molar refractivity (Wildman–Crippen MR) is 89.7 cm³/mol. The largest absolute Gasteiger partial charge is 0.459 e. The van der Waals surface area contributed by atoms with Crippen LogP contribution >= 0.6 is 0 Å². The van der Waals surface area contributed by atoms with Crippen LogP contribution in [0.2, 0.25) is 0 Å². The normalized spacial score (nSPS) is 19.9. The van der Waals surface area contributed by atoms with E-state index in [-0.39, 0.29) is 17.8 Å². The lowest BCUT2D eigenvalue weighted by Crippen LogP contribution is -2.51. The number of amides is 2. The lowest BCUT2D eigenvalue weighted by atomic mass is 10.2. The zero-order valence-corrected chi connectivity index (χ0v) is 14.6. The molecule has 0 radical (unpaired) electrons. The van der Waals surface area contributed by atoms with Crippen LogP contribution in [0.4, 0.5) is 0 Å². The number of hydrogen-bond acceptors (Lipinski definition) is 5. The Morgan fingerprint density at radius 2 is 2.17 bits per heavy atom. The smallest absolute Gasteiger partial charge is 0.287 e. The maximum atomic E-state index is 12.1. The third-order valence-electron chi connectivity index (χ3n) is 3.84. The third kappa shape index (κ3) is 5.65. The van der Waals surface area contributed by atoms with Crippen molar-refractivity contribution in [2.24, 2.45) is 5.92 Å². The number of nitrogens with one attached hydrogen (secondary N) is 2. The summed E-state index contributed by atoms with van der Waals surface area (Å²) in [6, 6.07) is 2.54. The molecule has 2 N–H and O–H groups in total. The summed E-state index contributed by atoms with van der Waals surface area (Å²) < 4.78 is 10.7. The van der Waals surface area contributed by atoms with Gasteiger partial charge in [-0.3, -0.25) is 14.5 Å². The molecule has 1 aliphatic heterocycles. The van der Waals surface area contributed by atoms with Crippen molar-refractivity contribution in [3.8, 4) is 0 Å². The van der Waals surface area contributed by atoms with Crippen molar-refractivity contribution in [3.05, 3.63) is 24.2 Å². The van der Waals surface area contributed by atoms with E-state index in [2.05, 4.69) is 29.4 Å². The molecule has 2 unspecified atom stereocenters. The van der Waals surface area contributed by atoms with Crippen LogP contribution in [-0.4, -0.2) is 61.6 Å². The molecule has 1 aromatic heterocycles. The topological polar surface area (TPSA) is 83.8 Å². The third-order valence-corrected chi connectivity index (χ3v) is 3.84. The van der Waals surface area contributed by atoms with Gasteiger partial charge < -0.3 is 19.8 Å². The average Bonchev–Trinajstić information content (AvgIpc) is 3.06. The van der Waals surface area contributed by atoms with E-state index >= 15 is 0 Å². The Hall–Kier alpha value is -1.86. The first-order chi connectivity index (χ1) is 11.5. The van der Waals surface area contributed by atoms with E-state index in [0.717, 1.165) is 19.6 Å². The zero-order chi connectivity index (χ0) is 17.5. The van der Waals surface area contributed by atoms with Gasteiger partial charge in [-0.1, -0.05) is 13.8 Å². The summed E-state index contributed by atoms with van der Waals surface area (Å²) in [6.07, 6.45) is 1.40. The molecule has 2 rings (SSSR count). The molecular formula is C17H27N3O4. The van der Waals surface area contributed by atoms with Gasteiger partial charge in [-0.25, -0.2) is 0 Å². The Bertz CT molecular complexity index is 530. The number of carbonyl (C=O) groups excluding carboxylic acids is 2. The monoisotopic (exact) mass is 337 g/mol. The summed E-state index contributed by atoms with van der Waals surface area (Å²) in [5, 5.41) is 5.45. The highest BCUT2D eigenvalue weighted by Crippen LogP contribution is 2.07. The minimum Gasteiger partial charge on any atom is -0.459 e. The standard InChI is InChI=1S/C17H27N3O4/c1-12(2)10-20-6-8-23-14(11-20)9-18-16(21)13(3)19-17(22)15-5-4-7-24-15/h4-5,7,12-14H,6,8-11H2,1-3H3,(H,18,21)(H,19,22). The fourth-order valence-electron chi connectivity index (χ4n) is 2.69. The zero-order valence-electron chi connectivity index (χ0n) is 14.6. The quantitative estimate of drug-likeness (QED) is 0.771. The second-order valence-electron chi connectivity index (χ2n) is 6.56. The van der Waals surface area contributed by atoms with E-state index in [4.69, 9.17) is 9.15 Å². The van der Waals surface area contributed by atoms with Crippen LogP contribution in [0.5, 0.6) is 0 Å². The first kappa shape index (κ1) is 18.5. The minimum atomic E-state index is -0.641. The van der Waals surface area contributed by atoms with Crippen molar-refractivity contribution in [1.82, 2.24) is 15.5 Å². The van der Waals surface area contributed by atoms with E-state index in [1.54, 1.807) is 19.1 Å². The Labute approximate surface area is 142 Å². The van der Waals surface area contributed by atoms with Gasteiger partial charge in [0.2, 0.25) is 5.91 Å². The highest BCUT2D eigenvalue weighted by atomic mass is 16.5. The summed E-state index contributed by atoms with van der Waals surface area (Å²) in [5.74, 6) is 0.156. The van der Waals surface area contributed by atoms with Crippen LogP contribution in [0.1, 0.15) is 31.3 Å². The second-order valence-corrected chi connectivity index (χ2v) is 6.56. The lowest BCUT2D eigenvalue weighted by Gasteiger charge is -2.34. The van der Waals surface area contributed by atoms with Crippen LogP contribution in [0, 0.1) is 5.92 Å². The Morgan fingerprint density at radius 1 is 1.38 bits per heavy atom. The predicted octanol–water partition coefficient (Wildman–Crippen LogP) is 0.871. The Balaban J connectivity index is 1.72. The number of hydrogen-bond donors (Lipinski definition) is 2. The summed E-state index contributed by atoms with van der Waals surface area (Å²) in [5.41, 5.74) is 0. The Kier molecular flexibility index (Phi) is 6.81. The van der Waals surface area contributed by atoms with Gasteiger partial charge in [0.15, 0.2) is 5.76 Å². The van der Waals surface area contributed by atoms with E-state index in [9.17, 15) is 9.59 Å². The van der Waals surface area contributed by atoms with E-state index in [1.807, 2.05) is 0 Å². The van der Waals surface area contributed by atoms with Gasteiger partial charge in [0.25, 0.3) is 5.91 Å². The summed E-state index contributed by atoms with van der Waals surface area (Å²) in [4.78, 5) is 26.3. The van der Waals surface area contributed by atoms with Crippen LogP contribution < -0.4 is 10.6 Å². The van der Waals surface area contributed by atoms with Gasteiger partial charge >= 0.3 is 0 Å². The lowest BCUT2D eigenvalue weighted by molar-refractivity contribution is -0.123. The number of rotatable bonds is 7. The highest BCUT2D eigenvalue weighted by molar-refractivity contribution is 5.95. The average molecular weight is 337 g/mol. The molecule has 1 saturated heterocycles. The molecule has 0 aliphatic carbocycles. The number of nitrogens with zero attached hydrogens (tertiary/aromatic N) is 1. The Morgan fingerprint density at radius 3 is 2.83 bits per heavy atom. The molecule has 1 aromatic rings. The first-order valence-electron chi connectivity index (χ1n) is 8.41. The first-order valence-corrected chi connectivity index (χ1v) is 8.41. The van der Waals surface area contributed by atoms with Crippen molar-refractivity contribution in [1.29, 1.82) is 0 Å². The van der Waals surface area contributed by atoms with Gasteiger partial charge in [-0.15, -0.1) is 0 Å². The number of ether oxygens (including phenoxy) is 1. The van der Waals surface area contributed by atoms with Crippen LogP contribution in [0.25, 0.3) is 0 Å². The van der Waals surface area contributed by atoms with Crippen molar-refractivity contribution in [2.75, 3.05) is 32.8 Å². The number of furan rings is 1. The second kappa shape index (κ2) is 8.84. The van der Waals surface area contributed by atoms with Gasteiger partial charge in [0.05, 0.1) is 19.0 Å². The van der Waals surface area contributed by atoms with E-state index in [0.29, 0.717) is 19.1 Å². The SMILES string of the molecule is CC(C)CN1CCOC(CNC(=O)C(C)NC(=O)c2ccco2)C1. The van der Waals surface area contributed by atoms with Gasteiger partial charge in [0, 0.05) is 26.2 Å².